The van der Waals surface area contributed by atoms with Gasteiger partial charge in [0, 0.05) is 21.9 Å². The SMILES string of the molecule is c1ccc(-c2ccc(C3N=C(c4c(-c5ccc6ccc7ccccc7c6c5)ccc5oc6ccccc6c45)N=C(c4ccc5ccccc5c4)N3)cc2)cc1. The minimum atomic E-state index is -0.388. The van der Waals surface area contributed by atoms with Crippen LogP contribution in [0.1, 0.15) is 22.9 Å². The first kappa shape index (κ1) is 31.2. The molecule has 9 aromatic carbocycles. The van der Waals surface area contributed by atoms with Gasteiger partial charge in [-0.25, -0.2) is 9.98 Å². The minimum absolute atomic E-state index is 0.388. The van der Waals surface area contributed by atoms with E-state index in [4.69, 9.17) is 14.4 Å². The number of furan rings is 1. The molecule has 0 fully saturated rings. The van der Waals surface area contributed by atoms with E-state index in [9.17, 15) is 0 Å². The number of nitrogens with zero attached hydrogens (tertiary/aromatic N) is 2. The van der Waals surface area contributed by atoms with Gasteiger partial charge in [0.2, 0.25) is 0 Å². The fraction of sp³-hybridized carbons (Fsp3) is 0.0196. The second-order valence-corrected chi connectivity index (χ2v) is 14.2. The molecule has 1 atom stereocenters. The van der Waals surface area contributed by atoms with Crippen LogP contribution in [-0.4, -0.2) is 11.7 Å². The van der Waals surface area contributed by atoms with E-state index in [0.29, 0.717) is 5.84 Å². The predicted octanol–water partition coefficient (Wildman–Crippen LogP) is 12.9. The fourth-order valence-electron chi connectivity index (χ4n) is 8.16. The summed E-state index contributed by atoms with van der Waals surface area (Å²) in [5.41, 5.74) is 9.13. The molecule has 0 radical (unpaired) electrons. The lowest BCUT2D eigenvalue weighted by molar-refractivity contribution is 0.668. The van der Waals surface area contributed by atoms with Crippen LogP contribution >= 0.6 is 0 Å². The van der Waals surface area contributed by atoms with E-state index in [0.717, 1.165) is 66.5 Å². The first-order valence-electron chi connectivity index (χ1n) is 18.7. The van der Waals surface area contributed by atoms with Crippen molar-refractivity contribution < 1.29 is 4.42 Å². The summed E-state index contributed by atoms with van der Waals surface area (Å²) in [6.45, 7) is 0. The average molecular weight is 704 g/mol. The summed E-state index contributed by atoms with van der Waals surface area (Å²) in [5, 5.41) is 13.0. The van der Waals surface area contributed by atoms with Gasteiger partial charge in [0.1, 0.15) is 23.2 Å². The van der Waals surface area contributed by atoms with Gasteiger partial charge in [-0.15, -0.1) is 0 Å². The number of nitrogens with one attached hydrogen (secondary N) is 1. The van der Waals surface area contributed by atoms with Crippen LogP contribution < -0.4 is 5.32 Å². The molecule has 0 aliphatic carbocycles. The van der Waals surface area contributed by atoms with Gasteiger partial charge in [-0.3, -0.25) is 0 Å². The Morgan fingerprint density at radius 3 is 1.93 bits per heavy atom. The van der Waals surface area contributed by atoms with E-state index < -0.39 is 0 Å². The molecule has 11 rings (SSSR count). The highest BCUT2D eigenvalue weighted by Gasteiger charge is 2.26. The van der Waals surface area contributed by atoms with Gasteiger partial charge in [0.15, 0.2) is 5.84 Å². The van der Waals surface area contributed by atoms with Crippen LogP contribution in [0.25, 0.3) is 76.5 Å². The van der Waals surface area contributed by atoms with Crippen LogP contribution in [0.5, 0.6) is 0 Å². The molecule has 4 nitrogen and oxygen atoms in total. The number of rotatable bonds is 5. The third kappa shape index (κ3) is 5.38. The van der Waals surface area contributed by atoms with Crippen molar-refractivity contribution >= 4 is 65.9 Å². The highest BCUT2D eigenvalue weighted by Crippen LogP contribution is 2.40. The van der Waals surface area contributed by atoms with Gasteiger partial charge in [-0.2, -0.15) is 0 Å². The van der Waals surface area contributed by atoms with Crippen LogP contribution in [0.2, 0.25) is 0 Å². The predicted molar refractivity (Wildman–Crippen MR) is 229 cm³/mol. The summed E-state index contributed by atoms with van der Waals surface area (Å²) in [6.07, 6.45) is -0.388. The summed E-state index contributed by atoms with van der Waals surface area (Å²) in [4.78, 5) is 10.9. The zero-order chi connectivity index (χ0) is 36.3. The maximum atomic E-state index is 6.51. The Morgan fingerprint density at radius 2 is 1.07 bits per heavy atom. The Balaban J connectivity index is 1.16. The third-order valence-electron chi connectivity index (χ3n) is 10.9. The molecule has 1 aliphatic heterocycles. The maximum absolute atomic E-state index is 6.51. The number of hydrogen-bond acceptors (Lipinski definition) is 4. The lowest BCUT2D eigenvalue weighted by atomic mass is 9.91. The molecule has 2 heterocycles. The standard InChI is InChI=1S/C51H33N3O/c1-2-10-32(11-3-1)34-18-24-37(25-19-34)49-52-50(40-27-20-33-12-4-5-14-38(33)30-40)54-51(53-49)48-42(28-29-46-47(48)43-16-8-9-17-45(43)55-46)39-26-23-36-22-21-35-13-6-7-15-41(35)44(36)31-39/h1-31,49H,(H,52,53,54). The quantitative estimate of drug-likeness (QED) is 0.181. The topological polar surface area (TPSA) is 49.9 Å². The second-order valence-electron chi connectivity index (χ2n) is 14.2. The molecule has 0 amide bonds. The molecule has 1 N–H and O–H groups in total. The van der Waals surface area contributed by atoms with Crippen molar-refractivity contribution in [2.75, 3.05) is 0 Å². The van der Waals surface area contributed by atoms with Crippen molar-refractivity contribution in [2.24, 2.45) is 9.98 Å². The largest absolute Gasteiger partial charge is 0.456 e. The lowest BCUT2D eigenvalue weighted by Gasteiger charge is -2.25. The van der Waals surface area contributed by atoms with Crippen LogP contribution in [0.3, 0.4) is 0 Å². The number of aliphatic imine (C=N–C) groups is 2. The smallest absolute Gasteiger partial charge is 0.160 e. The zero-order valence-electron chi connectivity index (χ0n) is 29.8. The van der Waals surface area contributed by atoms with Crippen LogP contribution in [0.15, 0.2) is 202 Å². The van der Waals surface area contributed by atoms with Crippen molar-refractivity contribution in [3.8, 4) is 22.3 Å². The van der Waals surface area contributed by atoms with Gasteiger partial charge in [-0.1, -0.05) is 158 Å². The molecule has 0 saturated heterocycles. The van der Waals surface area contributed by atoms with E-state index in [-0.39, 0.29) is 6.17 Å². The molecule has 4 heteroatoms. The summed E-state index contributed by atoms with van der Waals surface area (Å²) in [6, 6.07) is 66.5. The van der Waals surface area contributed by atoms with Crippen molar-refractivity contribution in [3.05, 3.63) is 205 Å². The Labute approximate surface area is 317 Å². The molecule has 0 bridgehead atoms. The van der Waals surface area contributed by atoms with Crippen molar-refractivity contribution in [2.45, 2.75) is 6.17 Å². The van der Waals surface area contributed by atoms with Crippen molar-refractivity contribution in [3.63, 3.8) is 0 Å². The molecule has 1 aliphatic rings. The Bertz CT molecular complexity index is 3170. The van der Waals surface area contributed by atoms with Gasteiger partial charge in [-0.05, 0) is 90.5 Å². The molecule has 1 aromatic heterocycles. The van der Waals surface area contributed by atoms with Crippen LogP contribution in [-0.2, 0) is 0 Å². The van der Waals surface area contributed by atoms with Gasteiger partial charge in [0.25, 0.3) is 0 Å². The third-order valence-corrected chi connectivity index (χ3v) is 10.9. The summed E-state index contributed by atoms with van der Waals surface area (Å²) in [5.74, 6) is 1.43. The number of fused-ring (bicyclic) bond motifs is 7. The minimum Gasteiger partial charge on any atom is -0.456 e. The van der Waals surface area contributed by atoms with Crippen LogP contribution in [0, 0.1) is 0 Å². The summed E-state index contributed by atoms with van der Waals surface area (Å²) >= 11 is 0. The molecule has 10 aromatic rings. The molecule has 0 spiro atoms. The number of benzene rings is 9. The monoisotopic (exact) mass is 703 g/mol. The Kier molecular flexibility index (Phi) is 7.20. The highest BCUT2D eigenvalue weighted by atomic mass is 16.3. The van der Waals surface area contributed by atoms with E-state index >= 15 is 0 Å². The first-order valence-corrected chi connectivity index (χ1v) is 18.7. The van der Waals surface area contributed by atoms with E-state index in [1.807, 2.05) is 18.2 Å². The van der Waals surface area contributed by atoms with Gasteiger partial charge >= 0.3 is 0 Å². The van der Waals surface area contributed by atoms with Gasteiger partial charge < -0.3 is 9.73 Å². The van der Waals surface area contributed by atoms with Gasteiger partial charge in [0.05, 0.1) is 0 Å². The average Bonchev–Trinajstić information content (AvgIpc) is 3.65. The summed E-state index contributed by atoms with van der Waals surface area (Å²) < 4.78 is 6.51. The van der Waals surface area contributed by atoms with Crippen molar-refractivity contribution in [1.82, 2.24) is 5.32 Å². The number of hydrogen-bond donors (Lipinski definition) is 1. The molecular weight excluding hydrogens is 671 g/mol. The molecule has 1 unspecified atom stereocenters. The lowest BCUT2D eigenvalue weighted by Crippen LogP contribution is -2.33. The number of para-hydroxylation sites is 1. The normalized spacial score (nSPS) is 14.4. The second kappa shape index (κ2) is 12.7. The highest BCUT2D eigenvalue weighted by molar-refractivity contribution is 6.25. The van der Waals surface area contributed by atoms with E-state index in [1.54, 1.807) is 0 Å². The Morgan fingerprint density at radius 1 is 0.436 bits per heavy atom. The molecular formula is C51H33N3O. The molecule has 258 valence electrons. The van der Waals surface area contributed by atoms with E-state index in [1.165, 1.54) is 32.5 Å². The summed E-state index contributed by atoms with van der Waals surface area (Å²) in [7, 11) is 0. The van der Waals surface area contributed by atoms with Crippen LogP contribution in [0.4, 0.5) is 0 Å². The first-order chi connectivity index (χ1) is 27.2. The molecule has 55 heavy (non-hydrogen) atoms. The number of amidine groups is 2. The molecule has 0 saturated carbocycles. The maximum Gasteiger partial charge on any atom is 0.160 e. The fourth-order valence-corrected chi connectivity index (χ4v) is 8.16. The zero-order valence-corrected chi connectivity index (χ0v) is 29.8. The van der Waals surface area contributed by atoms with Crippen molar-refractivity contribution in [1.29, 1.82) is 0 Å². The van der Waals surface area contributed by atoms with E-state index in [2.05, 4.69) is 175 Å². The Hall–Kier alpha value is -7.30.